The predicted octanol–water partition coefficient (Wildman–Crippen LogP) is 3.46. The summed E-state index contributed by atoms with van der Waals surface area (Å²) in [6.45, 7) is 3.98. The number of carbonyl (C=O) groups is 2. The zero-order valence-electron chi connectivity index (χ0n) is 16.6. The molecule has 1 amide bonds. The van der Waals surface area contributed by atoms with Crippen LogP contribution in [0.4, 0.5) is 5.69 Å². The highest BCUT2D eigenvalue weighted by Gasteiger charge is 2.23. The lowest BCUT2D eigenvalue weighted by Gasteiger charge is -2.19. The molecule has 0 fully saturated rings. The lowest BCUT2D eigenvalue weighted by molar-refractivity contribution is -0.386. The molecule has 2 aromatic carbocycles. The van der Waals surface area contributed by atoms with Gasteiger partial charge >= 0.3 is 11.7 Å². The smallest absolute Gasteiger partial charge is 0.338 e. The Morgan fingerprint density at radius 3 is 2.45 bits per heavy atom. The van der Waals surface area contributed by atoms with Crippen LogP contribution in [0.15, 0.2) is 48.5 Å². The molecule has 2 atom stereocenters. The number of nitrogens with zero attached hydrogens (tertiary/aromatic N) is 1. The van der Waals surface area contributed by atoms with Gasteiger partial charge in [0.15, 0.2) is 11.9 Å². The van der Waals surface area contributed by atoms with Gasteiger partial charge in [0.05, 0.1) is 17.6 Å². The van der Waals surface area contributed by atoms with Crippen molar-refractivity contribution in [1.29, 1.82) is 0 Å². The Bertz CT molecular complexity index is 869. The first-order valence-electron chi connectivity index (χ1n) is 9.23. The number of nitrogens with one attached hydrogen (secondary N) is 1. The molecule has 0 aromatic heterocycles. The van der Waals surface area contributed by atoms with E-state index in [0.29, 0.717) is 6.54 Å². The minimum atomic E-state index is -0.953. The number of benzene rings is 2. The average molecular weight is 400 g/mol. The molecule has 2 rings (SSSR count). The lowest BCUT2D eigenvalue weighted by atomic mass is 9.96. The molecule has 0 aliphatic heterocycles. The van der Waals surface area contributed by atoms with E-state index >= 15 is 0 Å². The standard InChI is InChI=1S/C21H24N2O6/c1-4-15(16-8-6-5-7-9-16)13-22-20(24)14(2)29-19-11-10-17(21(25)28-3)12-18(19)23(26)27/h5-12,14-15H,4,13H2,1-3H3,(H,22,24)/t14-,15+/m1/s1. The number of amides is 1. The number of nitro groups is 1. The Morgan fingerprint density at radius 1 is 1.17 bits per heavy atom. The molecule has 0 heterocycles. The van der Waals surface area contributed by atoms with Crippen LogP contribution in [-0.2, 0) is 9.53 Å². The molecular formula is C21H24N2O6. The second-order valence-electron chi connectivity index (χ2n) is 6.45. The highest BCUT2D eigenvalue weighted by molar-refractivity contribution is 5.90. The van der Waals surface area contributed by atoms with Crippen LogP contribution in [-0.4, -0.2) is 36.6 Å². The van der Waals surface area contributed by atoms with Crippen LogP contribution in [0.25, 0.3) is 0 Å². The van der Waals surface area contributed by atoms with Crippen molar-refractivity contribution in [2.45, 2.75) is 32.3 Å². The van der Waals surface area contributed by atoms with Crippen molar-refractivity contribution in [1.82, 2.24) is 5.32 Å². The molecule has 8 nitrogen and oxygen atoms in total. The number of methoxy groups -OCH3 is 1. The highest BCUT2D eigenvalue weighted by atomic mass is 16.6. The van der Waals surface area contributed by atoms with E-state index in [1.165, 1.54) is 26.2 Å². The van der Waals surface area contributed by atoms with Gasteiger partial charge in [-0.05, 0) is 31.0 Å². The molecule has 2 aromatic rings. The minimum Gasteiger partial charge on any atom is -0.474 e. The van der Waals surface area contributed by atoms with Crippen molar-refractivity contribution in [3.8, 4) is 5.75 Å². The third kappa shape index (κ3) is 5.78. The molecular weight excluding hydrogens is 376 g/mol. The Hall–Kier alpha value is -3.42. The fourth-order valence-corrected chi connectivity index (χ4v) is 2.84. The van der Waals surface area contributed by atoms with Crippen LogP contribution in [0, 0.1) is 10.1 Å². The number of rotatable bonds is 9. The predicted molar refractivity (Wildman–Crippen MR) is 107 cm³/mol. The van der Waals surface area contributed by atoms with Gasteiger partial charge in [-0.2, -0.15) is 0 Å². The number of carbonyl (C=O) groups excluding carboxylic acids is 2. The molecule has 0 saturated heterocycles. The van der Waals surface area contributed by atoms with Crippen molar-refractivity contribution < 1.29 is 24.0 Å². The van der Waals surface area contributed by atoms with Crippen LogP contribution >= 0.6 is 0 Å². The van der Waals surface area contributed by atoms with Gasteiger partial charge < -0.3 is 14.8 Å². The molecule has 8 heteroatoms. The third-order valence-corrected chi connectivity index (χ3v) is 4.54. The lowest BCUT2D eigenvalue weighted by Crippen LogP contribution is -2.38. The van der Waals surface area contributed by atoms with E-state index in [2.05, 4.69) is 10.1 Å². The number of esters is 1. The fourth-order valence-electron chi connectivity index (χ4n) is 2.84. The average Bonchev–Trinajstić information content (AvgIpc) is 2.74. The first-order valence-corrected chi connectivity index (χ1v) is 9.23. The van der Waals surface area contributed by atoms with Gasteiger partial charge in [-0.1, -0.05) is 37.3 Å². The van der Waals surface area contributed by atoms with Crippen molar-refractivity contribution in [3.63, 3.8) is 0 Å². The molecule has 0 saturated carbocycles. The van der Waals surface area contributed by atoms with Crippen LogP contribution in [0.2, 0.25) is 0 Å². The van der Waals surface area contributed by atoms with Crippen molar-refractivity contribution in [2.24, 2.45) is 0 Å². The van der Waals surface area contributed by atoms with Crippen LogP contribution in [0.5, 0.6) is 5.75 Å². The van der Waals surface area contributed by atoms with E-state index in [1.54, 1.807) is 0 Å². The van der Waals surface area contributed by atoms with Gasteiger partial charge in [-0.3, -0.25) is 14.9 Å². The second kappa shape index (κ2) is 10.2. The highest BCUT2D eigenvalue weighted by Crippen LogP contribution is 2.29. The van der Waals surface area contributed by atoms with Gasteiger partial charge in [0.1, 0.15) is 0 Å². The van der Waals surface area contributed by atoms with E-state index < -0.39 is 22.7 Å². The van der Waals surface area contributed by atoms with Crippen molar-refractivity contribution in [3.05, 3.63) is 69.8 Å². The summed E-state index contributed by atoms with van der Waals surface area (Å²) < 4.78 is 10.1. The Morgan fingerprint density at radius 2 is 1.86 bits per heavy atom. The van der Waals surface area contributed by atoms with E-state index in [1.807, 2.05) is 37.3 Å². The number of nitro benzene ring substituents is 1. The monoisotopic (exact) mass is 400 g/mol. The third-order valence-electron chi connectivity index (χ3n) is 4.54. The summed E-state index contributed by atoms with van der Waals surface area (Å²) in [6, 6.07) is 13.5. The van der Waals surface area contributed by atoms with Gasteiger partial charge in [-0.25, -0.2) is 4.79 Å². The summed E-state index contributed by atoms with van der Waals surface area (Å²) in [4.78, 5) is 34.6. The molecule has 0 spiro atoms. The summed E-state index contributed by atoms with van der Waals surface area (Å²) in [7, 11) is 1.18. The maximum Gasteiger partial charge on any atom is 0.338 e. The number of hydrogen-bond donors (Lipinski definition) is 1. The first kappa shape index (κ1) is 21.9. The van der Waals surface area contributed by atoms with Crippen LogP contribution in [0.3, 0.4) is 0 Å². The minimum absolute atomic E-state index is 0.0253. The Kier molecular flexibility index (Phi) is 7.70. The van der Waals surface area contributed by atoms with Gasteiger partial charge in [0.2, 0.25) is 0 Å². The normalized spacial score (nSPS) is 12.5. The molecule has 0 aliphatic carbocycles. The fraction of sp³-hybridized carbons (Fsp3) is 0.333. The van der Waals surface area contributed by atoms with Gasteiger partial charge in [0, 0.05) is 18.5 Å². The van der Waals surface area contributed by atoms with Gasteiger partial charge in [0.25, 0.3) is 5.91 Å². The first-order chi connectivity index (χ1) is 13.9. The molecule has 0 unspecified atom stereocenters. The maximum absolute atomic E-state index is 12.4. The van der Waals surface area contributed by atoms with E-state index in [4.69, 9.17) is 4.74 Å². The molecule has 1 N–H and O–H groups in total. The molecule has 0 aliphatic rings. The summed E-state index contributed by atoms with van der Waals surface area (Å²) in [6.07, 6.45) is -0.106. The largest absolute Gasteiger partial charge is 0.474 e. The summed E-state index contributed by atoms with van der Waals surface area (Å²) in [5.41, 5.74) is 0.735. The van der Waals surface area contributed by atoms with E-state index in [9.17, 15) is 19.7 Å². The zero-order valence-corrected chi connectivity index (χ0v) is 16.6. The maximum atomic E-state index is 12.4. The summed E-state index contributed by atoms with van der Waals surface area (Å²) in [5.74, 6) is -1.02. The summed E-state index contributed by atoms with van der Waals surface area (Å²) >= 11 is 0. The molecule has 29 heavy (non-hydrogen) atoms. The van der Waals surface area contributed by atoms with Crippen LogP contribution < -0.4 is 10.1 Å². The van der Waals surface area contributed by atoms with E-state index in [-0.39, 0.29) is 23.1 Å². The zero-order chi connectivity index (χ0) is 21.4. The number of ether oxygens (including phenoxy) is 2. The Balaban J connectivity index is 2.05. The number of hydrogen-bond acceptors (Lipinski definition) is 6. The Labute approximate surface area is 169 Å². The topological polar surface area (TPSA) is 108 Å². The quantitative estimate of drug-likeness (QED) is 0.392. The molecule has 0 radical (unpaired) electrons. The molecule has 154 valence electrons. The van der Waals surface area contributed by atoms with Crippen molar-refractivity contribution >= 4 is 17.6 Å². The SMILES string of the molecule is CC[C@@H](CNC(=O)[C@@H](C)Oc1ccc(C(=O)OC)cc1[N+](=O)[O-])c1ccccc1. The van der Waals surface area contributed by atoms with Gasteiger partial charge in [-0.15, -0.1) is 0 Å². The second-order valence-corrected chi connectivity index (χ2v) is 6.45. The van der Waals surface area contributed by atoms with Crippen molar-refractivity contribution in [2.75, 3.05) is 13.7 Å². The summed E-state index contributed by atoms with van der Waals surface area (Å²) in [5, 5.41) is 14.2. The van der Waals surface area contributed by atoms with Crippen LogP contribution in [0.1, 0.15) is 42.1 Å². The van der Waals surface area contributed by atoms with E-state index in [0.717, 1.165) is 18.1 Å². The molecule has 0 bridgehead atoms.